The summed E-state index contributed by atoms with van der Waals surface area (Å²) in [5, 5.41) is 3.38. The Balaban J connectivity index is 1.59. The van der Waals surface area contributed by atoms with Gasteiger partial charge >= 0.3 is 6.18 Å². The predicted molar refractivity (Wildman–Crippen MR) is 147 cm³/mol. The van der Waals surface area contributed by atoms with Gasteiger partial charge in [0.1, 0.15) is 6.04 Å². The van der Waals surface area contributed by atoms with Crippen molar-refractivity contribution in [2.45, 2.75) is 41.1 Å². The average molecular weight is 647 g/mol. The molecule has 1 atom stereocenters. The number of sulfone groups is 1. The van der Waals surface area contributed by atoms with Gasteiger partial charge in [0.15, 0.2) is 21.5 Å². The SMILES string of the molecule is CC(C)S(=O)(=O)c1ccc(S(=O)(=O)n2nc(N3CCN(c4ncc(F)cn4)C[C@H]3C(F)(F)F)c3c(Cl)cccc32)cc1. The molecule has 17 heteroatoms. The highest BCUT2D eigenvalue weighted by atomic mass is 35.5. The minimum Gasteiger partial charge on any atom is -0.339 e. The first kappa shape index (κ1) is 30.0. The first-order chi connectivity index (χ1) is 19.6. The maximum atomic E-state index is 14.4. The second kappa shape index (κ2) is 10.6. The molecule has 0 radical (unpaired) electrons. The number of anilines is 2. The zero-order chi connectivity index (χ0) is 30.6. The van der Waals surface area contributed by atoms with E-state index in [-0.39, 0.29) is 50.6 Å². The van der Waals surface area contributed by atoms with E-state index in [1.807, 2.05) is 0 Å². The molecule has 2 aromatic carbocycles. The van der Waals surface area contributed by atoms with Crippen LogP contribution in [-0.4, -0.2) is 73.1 Å². The summed E-state index contributed by atoms with van der Waals surface area (Å²) in [7, 11) is -8.20. The Morgan fingerprint density at radius 1 is 0.952 bits per heavy atom. The highest BCUT2D eigenvalue weighted by Crippen LogP contribution is 2.39. The molecule has 3 heterocycles. The second-order valence-corrected chi connectivity index (χ2v) is 14.4. The van der Waals surface area contributed by atoms with Crippen LogP contribution < -0.4 is 9.80 Å². The number of hydrogen-bond acceptors (Lipinski definition) is 9. The van der Waals surface area contributed by atoms with Crippen LogP contribution in [0.3, 0.4) is 0 Å². The number of aromatic nitrogens is 4. The minimum absolute atomic E-state index is 0.0116. The fourth-order valence-corrected chi connectivity index (χ4v) is 7.20. The molecule has 0 spiro atoms. The van der Waals surface area contributed by atoms with E-state index in [0.717, 1.165) is 41.6 Å². The quantitative estimate of drug-likeness (QED) is 0.283. The highest BCUT2D eigenvalue weighted by Gasteiger charge is 2.48. The fraction of sp³-hybridized carbons (Fsp3) is 0.320. The van der Waals surface area contributed by atoms with Crippen LogP contribution in [0.15, 0.2) is 64.6 Å². The van der Waals surface area contributed by atoms with Crippen molar-refractivity contribution in [1.29, 1.82) is 0 Å². The van der Waals surface area contributed by atoms with Crippen LogP contribution in [0.5, 0.6) is 0 Å². The van der Waals surface area contributed by atoms with Gasteiger partial charge in [0.2, 0.25) is 5.95 Å². The number of halogens is 5. The Morgan fingerprint density at radius 3 is 2.17 bits per heavy atom. The van der Waals surface area contributed by atoms with Gasteiger partial charge in [-0.3, -0.25) is 0 Å². The maximum Gasteiger partial charge on any atom is 0.410 e. The van der Waals surface area contributed by atoms with Crippen molar-refractivity contribution in [2.24, 2.45) is 0 Å². The summed E-state index contributed by atoms with van der Waals surface area (Å²) < 4.78 is 110. The van der Waals surface area contributed by atoms with E-state index >= 15 is 0 Å². The molecule has 1 fully saturated rings. The lowest BCUT2D eigenvalue weighted by Crippen LogP contribution is -2.60. The third kappa shape index (κ3) is 5.26. The number of rotatable bonds is 6. The van der Waals surface area contributed by atoms with Crippen LogP contribution in [0.25, 0.3) is 10.9 Å². The largest absolute Gasteiger partial charge is 0.410 e. The number of alkyl halides is 3. The topological polar surface area (TPSA) is 118 Å². The Bertz CT molecular complexity index is 1850. The Kier molecular flexibility index (Phi) is 7.60. The molecule has 5 rings (SSSR count). The van der Waals surface area contributed by atoms with Gasteiger partial charge in [0, 0.05) is 13.1 Å². The van der Waals surface area contributed by atoms with Gasteiger partial charge in [-0.2, -0.15) is 25.7 Å². The molecule has 4 aromatic rings. The van der Waals surface area contributed by atoms with Gasteiger partial charge in [-0.15, -0.1) is 5.10 Å². The predicted octanol–water partition coefficient (Wildman–Crippen LogP) is 4.30. The summed E-state index contributed by atoms with van der Waals surface area (Å²) in [6, 6.07) is 6.53. The van der Waals surface area contributed by atoms with Crippen LogP contribution in [0.2, 0.25) is 5.02 Å². The summed E-state index contributed by atoms with van der Waals surface area (Å²) in [6.07, 6.45) is -3.10. The highest BCUT2D eigenvalue weighted by molar-refractivity contribution is 7.92. The molecule has 0 N–H and O–H groups in total. The van der Waals surface area contributed by atoms with Crippen molar-refractivity contribution in [1.82, 2.24) is 19.2 Å². The van der Waals surface area contributed by atoms with Crippen LogP contribution in [0.1, 0.15) is 13.8 Å². The Labute approximate surface area is 243 Å². The molecule has 0 aliphatic carbocycles. The molecule has 1 aliphatic rings. The lowest BCUT2D eigenvalue weighted by Gasteiger charge is -2.42. The zero-order valence-electron chi connectivity index (χ0n) is 22.0. The molecule has 0 unspecified atom stereocenters. The zero-order valence-corrected chi connectivity index (χ0v) is 24.4. The Hall–Kier alpha value is -3.50. The van der Waals surface area contributed by atoms with E-state index in [0.29, 0.717) is 4.09 Å². The summed E-state index contributed by atoms with van der Waals surface area (Å²) in [5.41, 5.74) is -0.0680. The number of piperazine rings is 1. The van der Waals surface area contributed by atoms with Gasteiger partial charge in [-0.05, 0) is 50.2 Å². The summed E-state index contributed by atoms with van der Waals surface area (Å²) in [6.45, 7) is 2.04. The minimum atomic E-state index is -4.80. The van der Waals surface area contributed by atoms with Gasteiger partial charge in [-0.25, -0.2) is 22.8 Å². The lowest BCUT2D eigenvalue weighted by atomic mass is 10.1. The summed E-state index contributed by atoms with van der Waals surface area (Å²) in [5.74, 6) is -1.14. The third-order valence-electron chi connectivity index (χ3n) is 6.83. The van der Waals surface area contributed by atoms with Gasteiger partial charge in [-0.1, -0.05) is 17.7 Å². The van der Waals surface area contributed by atoms with Crippen molar-refractivity contribution >= 4 is 54.1 Å². The second-order valence-electron chi connectivity index (χ2n) is 9.77. The molecule has 224 valence electrons. The molecule has 42 heavy (non-hydrogen) atoms. The molecular weight excluding hydrogens is 624 g/mol. The Morgan fingerprint density at radius 2 is 1.57 bits per heavy atom. The van der Waals surface area contributed by atoms with Gasteiger partial charge in [0.25, 0.3) is 10.0 Å². The average Bonchev–Trinajstić information content (AvgIpc) is 3.34. The maximum absolute atomic E-state index is 14.4. The molecule has 2 aromatic heterocycles. The number of hydrogen-bond donors (Lipinski definition) is 0. The van der Waals surface area contributed by atoms with E-state index in [4.69, 9.17) is 11.6 Å². The fourth-order valence-electron chi connectivity index (χ4n) is 4.61. The monoisotopic (exact) mass is 646 g/mol. The van der Waals surface area contributed by atoms with Crippen LogP contribution in [0, 0.1) is 5.82 Å². The number of fused-ring (bicyclic) bond motifs is 1. The number of benzene rings is 2. The standard InChI is InChI=1S/C25H23ClF4N6O4S2/c1-15(2)41(37,38)17-6-8-18(9-7-17)42(39,40)36-20-5-3-4-19(26)22(20)23(33-36)35-11-10-34(14-21(35)25(28,29)30)24-31-12-16(27)13-32-24/h3-9,12-13,15,21H,10-11,14H2,1-2H3/t21-/m0/s1. The molecule has 1 saturated heterocycles. The molecule has 1 aliphatic heterocycles. The van der Waals surface area contributed by atoms with E-state index in [9.17, 15) is 34.4 Å². The van der Waals surface area contributed by atoms with Crippen LogP contribution in [-0.2, 0) is 19.9 Å². The molecule has 0 saturated carbocycles. The summed E-state index contributed by atoms with van der Waals surface area (Å²) >= 11 is 6.40. The van der Waals surface area contributed by atoms with Gasteiger partial charge in [0.05, 0.1) is 49.9 Å². The smallest absolute Gasteiger partial charge is 0.339 e. The van der Waals surface area contributed by atoms with Crippen molar-refractivity contribution < 1.29 is 34.4 Å². The van der Waals surface area contributed by atoms with E-state index < -0.39 is 49.7 Å². The van der Waals surface area contributed by atoms with Crippen molar-refractivity contribution in [2.75, 3.05) is 29.4 Å². The van der Waals surface area contributed by atoms with E-state index in [1.54, 1.807) is 0 Å². The molecular formula is C25H23ClF4N6O4S2. The lowest BCUT2D eigenvalue weighted by molar-refractivity contribution is -0.148. The van der Waals surface area contributed by atoms with Crippen LogP contribution in [0.4, 0.5) is 29.3 Å². The van der Waals surface area contributed by atoms with Crippen molar-refractivity contribution in [3.05, 3.63) is 65.7 Å². The normalized spacial score (nSPS) is 16.9. The van der Waals surface area contributed by atoms with E-state index in [1.165, 1.54) is 36.9 Å². The molecule has 10 nitrogen and oxygen atoms in total. The van der Waals surface area contributed by atoms with Gasteiger partial charge < -0.3 is 9.80 Å². The third-order valence-corrected chi connectivity index (χ3v) is 10.9. The van der Waals surface area contributed by atoms with Crippen molar-refractivity contribution in [3.8, 4) is 0 Å². The molecule has 0 bridgehead atoms. The first-order valence-electron chi connectivity index (χ1n) is 12.4. The molecule has 0 amide bonds. The summed E-state index contributed by atoms with van der Waals surface area (Å²) in [4.78, 5) is 9.32. The van der Waals surface area contributed by atoms with E-state index in [2.05, 4.69) is 15.1 Å². The van der Waals surface area contributed by atoms with Crippen LogP contribution >= 0.6 is 11.6 Å². The van der Waals surface area contributed by atoms with Crippen molar-refractivity contribution in [3.63, 3.8) is 0 Å². The number of nitrogens with zero attached hydrogens (tertiary/aromatic N) is 6. The first-order valence-corrected chi connectivity index (χ1v) is 15.8.